The SMILES string of the molecule is Cc1cc2nc(C(C)O)n(CC(=O)N(C)c3ccccc3)c2cc1C. The van der Waals surface area contributed by atoms with Crippen molar-refractivity contribution in [3.63, 3.8) is 0 Å². The van der Waals surface area contributed by atoms with Crippen molar-refractivity contribution in [2.24, 2.45) is 0 Å². The molecule has 1 amide bonds. The molecule has 0 radical (unpaired) electrons. The third-order valence-corrected chi connectivity index (χ3v) is 4.58. The average Bonchev–Trinajstić information content (AvgIpc) is 2.93. The molecular weight excluding hydrogens is 314 g/mol. The molecule has 5 nitrogen and oxygen atoms in total. The summed E-state index contributed by atoms with van der Waals surface area (Å²) in [4.78, 5) is 18.9. The van der Waals surface area contributed by atoms with E-state index < -0.39 is 6.10 Å². The molecule has 130 valence electrons. The highest BCUT2D eigenvalue weighted by Crippen LogP contribution is 2.24. The number of aliphatic hydroxyl groups excluding tert-OH is 1. The number of imidazole rings is 1. The number of aromatic nitrogens is 2. The Bertz CT molecular complexity index is 914. The number of likely N-dealkylation sites (N-methyl/N-ethyl adjacent to an activating group) is 1. The lowest BCUT2D eigenvalue weighted by molar-refractivity contribution is -0.118. The molecule has 0 aliphatic rings. The topological polar surface area (TPSA) is 58.4 Å². The van der Waals surface area contributed by atoms with Crippen molar-refractivity contribution in [2.45, 2.75) is 33.4 Å². The zero-order valence-corrected chi connectivity index (χ0v) is 15.0. The van der Waals surface area contributed by atoms with Gasteiger partial charge in [0.05, 0.1) is 11.0 Å². The minimum absolute atomic E-state index is 0.0642. The molecule has 0 aliphatic heterocycles. The molecule has 1 unspecified atom stereocenters. The number of hydrogen-bond acceptors (Lipinski definition) is 3. The molecule has 2 aromatic carbocycles. The van der Waals surface area contributed by atoms with Crippen LogP contribution in [0.4, 0.5) is 5.69 Å². The quantitative estimate of drug-likeness (QED) is 0.794. The normalized spacial score (nSPS) is 12.4. The van der Waals surface area contributed by atoms with Gasteiger partial charge >= 0.3 is 0 Å². The Morgan fingerprint density at radius 1 is 1.20 bits per heavy atom. The zero-order chi connectivity index (χ0) is 18.1. The summed E-state index contributed by atoms with van der Waals surface area (Å²) in [6.45, 7) is 5.86. The van der Waals surface area contributed by atoms with Gasteiger partial charge < -0.3 is 14.6 Å². The number of para-hydroxylation sites is 1. The Labute approximate surface area is 147 Å². The molecule has 25 heavy (non-hydrogen) atoms. The first-order valence-corrected chi connectivity index (χ1v) is 8.35. The molecule has 3 aromatic rings. The van der Waals surface area contributed by atoms with Gasteiger partial charge in [-0.3, -0.25) is 4.79 Å². The summed E-state index contributed by atoms with van der Waals surface area (Å²) in [5.41, 5.74) is 4.78. The number of carbonyl (C=O) groups excluding carboxylic acids is 1. The fraction of sp³-hybridized carbons (Fsp3) is 0.300. The Morgan fingerprint density at radius 3 is 2.48 bits per heavy atom. The summed E-state index contributed by atoms with van der Waals surface area (Å²) < 4.78 is 1.81. The van der Waals surface area contributed by atoms with Crippen LogP contribution < -0.4 is 4.90 Å². The molecule has 1 atom stereocenters. The maximum atomic E-state index is 12.8. The van der Waals surface area contributed by atoms with Crippen LogP contribution in [0.15, 0.2) is 42.5 Å². The molecule has 1 N–H and O–H groups in total. The maximum absolute atomic E-state index is 12.8. The lowest BCUT2D eigenvalue weighted by atomic mass is 10.1. The molecular formula is C20H23N3O2. The van der Waals surface area contributed by atoms with E-state index in [1.54, 1.807) is 18.9 Å². The molecule has 0 spiro atoms. The van der Waals surface area contributed by atoms with E-state index in [0.29, 0.717) is 5.82 Å². The first-order valence-electron chi connectivity index (χ1n) is 8.35. The van der Waals surface area contributed by atoms with Gasteiger partial charge in [-0.05, 0) is 56.2 Å². The molecule has 1 aromatic heterocycles. The number of nitrogens with zero attached hydrogens (tertiary/aromatic N) is 3. The maximum Gasteiger partial charge on any atom is 0.246 e. The van der Waals surface area contributed by atoms with Crippen molar-refractivity contribution >= 4 is 22.6 Å². The van der Waals surface area contributed by atoms with E-state index in [4.69, 9.17) is 0 Å². The van der Waals surface area contributed by atoms with Crippen LogP contribution in [0.1, 0.15) is 30.0 Å². The molecule has 0 saturated heterocycles. The van der Waals surface area contributed by atoms with E-state index in [2.05, 4.69) is 4.98 Å². The van der Waals surface area contributed by atoms with Gasteiger partial charge in [0.2, 0.25) is 5.91 Å². The lowest BCUT2D eigenvalue weighted by Gasteiger charge is -2.19. The number of rotatable bonds is 4. The summed E-state index contributed by atoms with van der Waals surface area (Å²) in [6.07, 6.45) is -0.747. The zero-order valence-electron chi connectivity index (χ0n) is 15.0. The Kier molecular flexibility index (Phi) is 4.59. The standard InChI is InChI=1S/C20H23N3O2/c1-13-10-17-18(11-14(13)2)23(20(21-17)15(3)24)12-19(25)22(4)16-8-6-5-7-9-16/h5-11,15,24H,12H2,1-4H3. The second-order valence-corrected chi connectivity index (χ2v) is 6.45. The van der Waals surface area contributed by atoms with Gasteiger partial charge in [-0.15, -0.1) is 0 Å². The lowest BCUT2D eigenvalue weighted by Crippen LogP contribution is -2.30. The van der Waals surface area contributed by atoms with Gasteiger partial charge in [0.15, 0.2) is 0 Å². The molecule has 0 aliphatic carbocycles. The number of carbonyl (C=O) groups is 1. The van der Waals surface area contributed by atoms with Gasteiger partial charge in [0.25, 0.3) is 0 Å². The summed E-state index contributed by atoms with van der Waals surface area (Å²) >= 11 is 0. The second kappa shape index (κ2) is 6.69. The van der Waals surface area contributed by atoms with Crippen LogP contribution in [-0.2, 0) is 11.3 Å². The minimum Gasteiger partial charge on any atom is -0.385 e. The molecule has 1 heterocycles. The van der Waals surface area contributed by atoms with Gasteiger partial charge in [-0.25, -0.2) is 4.98 Å². The molecule has 0 saturated carbocycles. The van der Waals surface area contributed by atoms with E-state index in [1.807, 2.05) is 60.9 Å². The van der Waals surface area contributed by atoms with Crippen LogP contribution in [0, 0.1) is 13.8 Å². The van der Waals surface area contributed by atoms with Gasteiger partial charge in [0.1, 0.15) is 18.5 Å². The highest BCUT2D eigenvalue weighted by Gasteiger charge is 2.20. The first kappa shape index (κ1) is 17.2. The summed E-state index contributed by atoms with van der Waals surface area (Å²) in [6, 6.07) is 13.5. The predicted octanol–water partition coefficient (Wildman–Crippen LogP) is 3.37. The highest BCUT2D eigenvalue weighted by atomic mass is 16.3. The molecule has 5 heteroatoms. The molecule has 0 bridgehead atoms. The summed E-state index contributed by atoms with van der Waals surface area (Å²) in [5, 5.41) is 10.1. The van der Waals surface area contributed by atoms with Gasteiger partial charge in [-0.2, -0.15) is 0 Å². The smallest absolute Gasteiger partial charge is 0.246 e. The van der Waals surface area contributed by atoms with Crippen LogP contribution in [0.25, 0.3) is 11.0 Å². The number of anilines is 1. The van der Waals surface area contributed by atoms with Crippen molar-refractivity contribution in [1.82, 2.24) is 9.55 Å². The monoisotopic (exact) mass is 337 g/mol. The largest absolute Gasteiger partial charge is 0.385 e. The van der Waals surface area contributed by atoms with Gasteiger partial charge in [0, 0.05) is 12.7 Å². The van der Waals surface area contributed by atoms with Crippen molar-refractivity contribution in [2.75, 3.05) is 11.9 Å². The fourth-order valence-electron chi connectivity index (χ4n) is 2.92. The Morgan fingerprint density at radius 2 is 1.84 bits per heavy atom. The van der Waals surface area contributed by atoms with Crippen LogP contribution in [0.2, 0.25) is 0 Å². The van der Waals surface area contributed by atoms with Crippen molar-refractivity contribution < 1.29 is 9.90 Å². The average molecular weight is 337 g/mol. The van der Waals surface area contributed by atoms with E-state index in [0.717, 1.165) is 27.8 Å². The van der Waals surface area contributed by atoms with E-state index in [1.165, 1.54) is 0 Å². The fourth-order valence-corrected chi connectivity index (χ4v) is 2.92. The van der Waals surface area contributed by atoms with E-state index >= 15 is 0 Å². The number of aryl methyl sites for hydroxylation is 2. The second-order valence-electron chi connectivity index (χ2n) is 6.45. The van der Waals surface area contributed by atoms with Crippen molar-refractivity contribution in [3.8, 4) is 0 Å². The number of hydrogen-bond donors (Lipinski definition) is 1. The highest BCUT2D eigenvalue weighted by molar-refractivity contribution is 5.93. The number of benzene rings is 2. The van der Waals surface area contributed by atoms with Crippen molar-refractivity contribution in [3.05, 3.63) is 59.4 Å². The predicted molar refractivity (Wildman–Crippen MR) is 99.7 cm³/mol. The van der Waals surface area contributed by atoms with Gasteiger partial charge in [-0.1, -0.05) is 18.2 Å². The van der Waals surface area contributed by atoms with E-state index in [9.17, 15) is 9.90 Å². The van der Waals surface area contributed by atoms with Crippen molar-refractivity contribution in [1.29, 1.82) is 0 Å². The molecule has 0 fully saturated rings. The van der Waals surface area contributed by atoms with Crippen LogP contribution >= 0.6 is 0 Å². The third-order valence-electron chi connectivity index (χ3n) is 4.58. The number of amides is 1. The van der Waals surface area contributed by atoms with Crippen LogP contribution in [0.3, 0.4) is 0 Å². The number of fused-ring (bicyclic) bond motifs is 1. The Balaban J connectivity index is 2.01. The third kappa shape index (κ3) is 3.28. The summed E-state index contributed by atoms with van der Waals surface area (Å²) in [5.74, 6) is 0.445. The summed E-state index contributed by atoms with van der Waals surface area (Å²) in [7, 11) is 1.76. The van der Waals surface area contributed by atoms with E-state index in [-0.39, 0.29) is 12.5 Å². The number of aliphatic hydroxyl groups is 1. The van der Waals surface area contributed by atoms with Crippen LogP contribution in [0.5, 0.6) is 0 Å². The van der Waals surface area contributed by atoms with Crippen LogP contribution in [-0.4, -0.2) is 27.6 Å². The Hall–Kier alpha value is -2.66. The first-order chi connectivity index (χ1) is 11.9. The minimum atomic E-state index is -0.747. The molecule has 3 rings (SSSR count).